The summed E-state index contributed by atoms with van der Waals surface area (Å²) in [6.07, 6.45) is 4.71. The first kappa shape index (κ1) is 10.3. The van der Waals surface area contributed by atoms with Crippen molar-refractivity contribution in [1.29, 1.82) is 0 Å². The number of nitrogens with one attached hydrogen (secondary N) is 1. The van der Waals surface area contributed by atoms with E-state index in [1.807, 2.05) is 0 Å². The van der Waals surface area contributed by atoms with E-state index in [2.05, 4.69) is 19.2 Å². The van der Waals surface area contributed by atoms with Crippen molar-refractivity contribution in [2.24, 2.45) is 46.8 Å². The van der Waals surface area contributed by atoms with Crippen molar-refractivity contribution in [1.82, 2.24) is 5.32 Å². The smallest absolute Gasteiger partial charge is 0.220 e. The van der Waals surface area contributed by atoms with Gasteiger partial charge in [0, 0.05) is 12.5 Å². The zero-order valence-electron chi connectivity index (χ0n) is 11.4. The number of carbonyl (C=O) groups excluding carboxylic acids is 1. The van der Waals surface area contributed by atoms with Gasteiger partial charge in [-0.3, -0.25) is 4.79 Å². The quantitative estimate of drug-likeness (QED) is 0.813. The second-order valence-electron chi connectivity index (χ2n) is 7.91. The second-order valence-corrected chi connectivity index (χ2v) is 7.91. The van der Waals surface area contributed by atoms with Crippen LogP contribution in [-0.4, -0.2) is 11.9 Å². The standard InChI is InChI=1S/C16H23NO/c1-3-4-11(18)17-15-13-9-5-7-8-6-10(12(7)13)16(15,2)14(8)9/h7-10,12-15H,3-6H2,1-2H3,(H,17,18)/t7-,8+,9-,10+,12+,13+,14+,15+,16+/m0/s1. The fourth-order valence-corrected chi connectivity index (χ4v) is 7.85. The molecule has 2 nitrogen and oxygen atoms in total. The van der Waals surface area contributed by atoms with Crippen LogP contribution < -0.4 is 5.32 Å². The van der Waals surface area contributed by atoms with Gasteiger partial charge < -0.3 is 5.32 Å². The molecule has 0 aromatic rings. The van der Waals surface area contributed by atoms with Crippen molar-refractivity contribution in [2.45, 2.75) is 45.6 Å². The summed E-state index contributed by atoms with van der Waals surface area (Å²) in [4.78, 5) is 12.0. The Balaban J connectivity index is 1.52. The van der Waals surface area contributed by atoms with Crippen molar-refractivity contribution in [3.63, 3.8) is 0 Å². The molecule has 0 heterocycles. The summed E-state index contributed by atoms with van der Waals surface area (Å²) in [6, 6.07) is 0.541. The lowest BCUT2D eigenvalue weighted by Gasteiger charge is -2.40. The molecule has 9 atom stereocenters. The molecule has 6 aliphatic carbocycles. The van der Waals surface area contributed by atoms with E-state index in [0.29, 0.717) is 17.4 Å². The predicted molar refractivity (Wildman–Crippen MR) is 68.6 cm³/mol. The maximum absolute atomic E-state index is 12.0. The Kier molecular flexibility index (Phi) is 1.60. The Hall–Kier alpha value is -0.530. The molecule has 6 rings (SSSR count). The Morgan fingerprint density at radius 1 is 1.22 bits per heavy atom. The van der Waals surface area contributed by atoms with E-state index in [1.165, 1.54) is 12.8 Å². The lowest BCUT2D eigenvalue weighted by atomic mass is 9.64. The molecular weight excluding hydrogens is 222 g/mol. The van der Waals surface area contributed by atoms with Gasteiger partial charge in [0.15, 0.2) is 0 Å². The highest BCUT2D eigenvalue weighted by Gasteiger charge is 2.84. The van der Waals surface area contributed by atoms with Crippen molar-refractivity contribution in [3.05, 3.63) is 0 Å². The third kappa shape index (κ3) is 0.779. The SMILES string of the molecule is CCCC(=O)N[C@@H]1[C@@H]2[C@@H]3C[C@H]4[C@H]5C[C@H]([C@@H]42)[C@]1(C)[C@H]53. The Morgan fingerprint density at radius 3 is 2.78 bits per heavy atom. The molecule has 0 aromatic carbocycles. The normalized spacial score (nSPS) is 64.6. The Morgan fingerprint density at radius 2 is 2.06 bits per heavy atom. The first-order chi connectivity index (χ1) is 8.67. The Labute approximate surface area is 109 Å². The first-order valence-electron chi connectivity index (χ1n) is 7.97. The summed E-state index contributed by atoms with van der Waals surface area (Å²) in [5, 5.41) is 3.46. The van der Waals surface area contributed by atoms with Crippen LogP contribution in [0, 0.1) is 46.8 Å². The maximum atomic E-state index is 12.0. The molecule has 98 valence electrons. The van der Waals surface area contributed by atoms with Gasteiger partial charge in [0.1, 0.15) is 0 Å². The molecule has 18 heavy (non-hydrogen) atoms. The monoisotopic (exact) mass is 245 g/mol. The molecule has 6 fully saturated rings. The summed E-state index contributed by atoms with van der Waals surface area (Å²) in [5.41, 5.74) is 0.487. The molecule has 0 radical (unpaired) electrons. The lowest BCUT2D eigenvalue weighted by molar-refractivity contribution is -0.122. The zero-order valence-corrected chi connectivity index (χ0v) is 11.4. The van der Waals surface area contributed by atoms with Gasteiger partial charge in [0.2, 0.25) is 5.91 Å². The highest BCUT2D eigenvalue weighted by molar-refractivity contribution is 5.76. The van der Waals surface area contributed by atoms with Gasteiger partial charge in [-0.2, -0.15) is 0 Å². The van der Waals surface area contributed by atoms with Gasteiger partial charge in [-0.05, 0) is 66.1 Å². The third-order valence-electron chi connectivity index (χ3n) is 7.81. The van der Waals surface area contributed by atoms with E-state index in [-0.39, 0.29) is 0 Å². The molecule has 2 heteroatoms. The molecule has 6 bridgehead atoms. The third-order valence-corrected chi connectivity index (χ3v) is 7.81. The highest BCUT2D eigenvalue weighted by Crippen LogP contribution is 2.86. The molecule has 6 aliphatic rings. The number of hydrogen-bond donors (Lipinski definition) is 1. The molecule has 0 spiro atoms. The maximum Gasteiger partial charge on any atom is 0.220 e. The van der Waals surface area contributed by atoms with E-state index in [4.69, 9.17) is 0 Å². The molecule has 6 saturated carbocycles. The summed E-state index contributed by atoms with van der Waals surface area (Å²) in [6.45, 7) is 4.62. The van der Waals surface area contributed by atoms with E-state index < -0.39 is 0 Å². The van der Waals surface area contributed by atoms with Crippen LogP contribution in [0.15, 0.2) is 0 Å². The summed E-state index contributed by atoms with van der Waals surface area (Å²) in [5.74, 6) is 7.24. The van der Waals surface area contributed by atoms with Crippen LogP contribution in [0.3, 0.4) is 0 Å². The van der Waals surface area contributed by atoms with Crippen molar-refractivity contribution in [3.8, 4) is 0 Å². The van der Waals surface area contributed by atoms with Gasteiger partial charge in [0.05, 0.1) is 0 Å². The second kappa shape index (κ2) is 2.81. The van der Waals surface area contributed by atoms with E-state index >= 15 is 0 Å². The largest absolute Gasteiger partial charge is 0.353 e. The molecule has 1 N–H and O–H groups in total. The first-order valence-corrected chi connectivity index (χ1v) is 7.97. The van der Waals surface area contributed by atoms with E-state index in [0.717, 1.165) is 54.3 Å². The van der Waals surface area contributed by atoms with Gasteiger partial charge >= 0.3 is 0 Å². The number of hydrogen-bond acceptors (Lipinski definition) is 1. The number of carbonyl (C=O) groups is 1. The number of rotatable bonds is 3. The number of amides is 1. The summed E-state index contributed by atoms with van der Waals surface area (Å²) in [7, 11) is 0. The molecule has 0 aromatic heterocycles. The van der Waals surface area contributed by atoms with Crippen molar-refractivity contribution < 1.29 is 4.79 Å². The fourth-order valence-electron chi connectivity index (χ4n) is 7.85. The van der Waals surface area contributed by atoms with Crippen molar-refractivity contribution >= 4 is 5.91 Å². The minimum absolute atomic E-state index is 0.316. The van der Waals surface area contributed by atoms with Crippen LogP contribution >= 0.6 is 0 Å². The van der Waals surface area contributed by atoms with E-state index in [9.17, 15) is 4.79 Å². The van der Waals surface area contributed by atoms with Gasteiger partial charge in [-0.15, -0.1) is 0 Å². The topological polar surface area (TPSA) is 29.1 Å². The minimum atomic E-state index is 0.316. The van der Waals surface area contributed by atoms with Crippen LogP contribution in [0.2, 0.25) is 0 Å². The molecule has 1 amide bonds. The average molecular weight is 245 g/mol. The van der Waals surface area contributed by atoms with Crippen LogP contribution in [0.1, 0.15) is 39.5 Å². The summed E-state index contributed by atoms with van der Waals surface area (Å²) < 4.78 is 0. The van der Waals surface area contributed by atoms with Gasteiger partial charge in [-0.25, -0.2) is 0 Å². The average Bonchev–Trinajstić information content (AvgIpc) is 2.99. The molecular formula is C16H23NO. The van der Waals surface area contributed by atoms with Crippen molar-refractivity contribution in [2.75, 3.05) is 0 Å². The van der Waals surface area contributed by atoms with Crippen LogP contribution in [-0.2, 0) is 4.79 Å². The zero-order chi connectivity index (χ0) is 12.2. The highest BCUT2D eigenvalue weighted by atomic mass is 16.1. The van der Waals surface area contributed by atoms with Crippen LogP contribution in [0.5, 0.6) is 0 Å². The van der Waals surface area contributed by atoms with E-state index in [1.54, 1.807) is 0 Å². The van der Waals surface area contributed by atoms with Gasteiger partial charge in [0.25, 0.3) is 0 Å². The molecule has 0 aliphatic heterocycles. The summed E-state index contributed by atoms with van der Waals surface area (Å²) >= 11 is 0. The molecule has 0 unspecified atom stereocenters. The fraction of sp³-hybridized carbons (Fsp3) is 0.938. The Bertz CT molecular complexity index is 446. The predicted octanol–water partition coefficient (Wildman–Crippen LogP) is 2.44. The van der Waals surface area contributed by atoms with Crippen LogP contribution in [0.4, 0.5) is 0 Å². The van der Waals surface area contributed by atoms with Crippen LogP contribution in [0.25, 0.3) is 0 Å². The lowest BCUT2D eigenvalue weighted by Crippen LogP contribution is -2.45. The van der Waals surface area contributed by atoms with Gasteiger partial charge in [-0.1, -0.05) is 13.8 Å². The molecule has 0 saturated heterocycles. The minimum Gasteiger partial charge on any atom is -0.353 e.